The summed E-state index contributed by atoms with van der Waals surface area (Å²) in [5, 5.41) is 7.05. The minimum absolute atomic E-state index is 0.0710. The summed E-state index contributed by atoms with van der Waals surface area (Å²) in [7, 11) is 0. The molecule has 2 amide bonds. The molecule has 0 saturated carbocycles. The lowest BCUT2D eigenvalue weighted by atomic mass is 9.88. The van der Waals surface area contributed by atoms with Gasteiger partial charge in [-0.05, 0) is 69.3 Å². The average Bonchev–Trinajstić information content (AvgIpc) is 2.78. The van der Waals surface area contributed by atoms with Crippen molar-refractivity contribution in [2.75, 3.05) is 32.7 Å². The number of carbonyl (C=O) groups is 2. The molecule has 1 atom stereocenters. The first-order valence-corrected chi connectivity index (χ1v) is 11.2. The molecule has 2 aliphatic rings. The number of benzene rings is 1. The number of nitrogens with one attached hydrogen (secondary N) is 2. The minimum atomic E-state index is -0.476. The second kappa shape index (κ2) is 10.6. The van der Waals surface area contributed by atoms with E-state index in [4.69, 9.17) is 12.2 Å². The average molecular weight is 417 g/mol. The van der Waals surface area contributed by atoms with Gasteiger partial charge >= 0.3 is 0 Å². The zero-order chi connectivity index (χ0) is 20.6. The number of piperidine rings is 2. The Morgan fingerprint density at radius 1 is 1.03 bits per heavy atom. The highest BCUT2D eigenvalue weighted by Gasteiger charge is 2.36. The van der Waals surface area contributed by atoms with E-state index in [1.165, 1.54) is 6.42 Å². The van der Waals surface area contributed by atoms with E-state index in [0.717, 1.165) is 63.5 Å². The lowest BCUT2D eigenvalue weighted by Crippen LogP contribution is -2.56. The van der Waals surface area contributed by atoms with Crippen LogP contribution in [-0.4, -0.2) is 65.5 Å². The Balaban J connectivity index is 1.70. The van der Waals surface area contributed by atoms with Crippen molar-refractivity contribution in [3.05, 3.63) is 35.9 Å². The molecule has 7 heteroatoms. The molecule has 29 heavy (non-hydrogen) atoms. The van der Waals surface area contributed by atoms with Gasteiger partial charge in [-0.25, -0.2) is 0 Å². The third kappa shape index (κ3) is 5.69. The SMILES string of the molecule is CCNC(=S)N1CCC(C(NC(=O)c2ccccc2)C(=O)N2CCCCC2)CC1. The van der Waals surface area contributed by atoms with Crippen LogP contribution in [0.5, 0.6) is 0 Å². The molecule has 1 aromatic rings. The summed E-state index contributed by atoms with van der Waals surface area (Å²) in [4.78, 5) is 30.3. The fraction of sp³-hybridized carbons (Fsp3) is 0.591. The smallest absolute Gasteiger partial charge is 0.251 e. The predicted octanol–water partition coefficient (Wildman–Crippen LogP) is 2.40. The molecule has 2 N–H and O–H groups in total. The summed E-state index contributed by atoms with van der Waals surface area (Å²) in [6.07, 6.45) is 4.93. The Morgan fingerprint density at radius 3 is 2.31 bits per heavy atom. The summed E-state index contributed by atoms with van der Waals surface area (Å²) < 4.78 is 0. The first kappa shape index (κ1) is 21.6. The van der Waals surface area contributed by atoms with E-state index in [1.807, 2.05) is 30.0 Å². The van der Waals surface area contributed by atoms with Gasteiger partial charge in [0, 0.05) is 38.3 Å². The Labute approximate surface area is 179 Å². The van der Waals surface area contributed by atoms with Gasteiger partial charge in [-0.3, -0.25) is 9.59 Å². The molecular formula is C22H32N4O2S. The third-order valence-corrected chi connectivity index (χ3v) is 6.29. The van der Waals surface area contributed by atoms with Crippen molar-refractivity contribution >= 4 is 29.1 Å². The van der Waals surface area contributed by atoms with Crippen LogP contribution in [0.4, 0.5) is 0 Å². The summed E-state index contributed by atoms with van der Waals surface area (Å²) in [6.45, 7) is 6.04. The Hall–Kier alpha value is -2.15. The number of carbonyl (C=O) groups excluding carboxylic acids is 2. The maximum atomic E-state index is 13.3. The van der Waals surface area contributed by atoms with Gasteiger partial charge in [0.25, 0.3) is 5.91 Å². The summed E-state index contributed by atoms with van der Waals surface area (Å²) in [6, 6.07) is 8.67. The number of thiocarbonyl (C=S) groups is 1. The lowest BCUT2D eigenvalue weighted by Gasteiger charge is -2.39. The van der Waals surface area contributed by atoms with Gasteiger partial charge < -0.3 is 20.4 Å². The van der Waals surface area contributed by atoms with Crippen LogP contribution in [-0.2, 0) is 4.79 Å². The standard InChI is InChI=1S/C22H32N4O2S/c1-2-23-22(29)26-15-11-17(12-16-26)19(21(28)25-13-7-4-8-14-25)24-20(27)18-9-5-3-6-10-18/h3,5-6,9-10,17,19H,2,4,7-8,11-16H2,1H3,(H,23,29)(H,24,27). The molecular weight excluding hydrogens is 384 g/mol. The van der Waals surface area contributed by atoms with E-state index in [1.54, 1.807) is 12.1 Å². The van der Waals surface area contributed by atoms with Gasteiger partial charge in [-0.2, -0.15) is 0 Å². The van der Waals surface area contributed by atoms with Crippen molar-refractivity contribution in [3.63, 3.8) is 0 Å². The van der Waals surface area contributed by atoms with Crippen LogP contribution in [0, 0.1) is 5.92 Å². The molecule has 0 radical (unpaired) electrons. The van der Waals surface area contributed by atoms with Crippen LogP contribution in [0.3, 0.4) is 0 Å². The third-order valence-electron chi connectivity index (χ3n) is 5.88. The first-order valence-electron chi connectivity index (χ1n) is 10.8. The second-order valence-corrected chi connectivity index (χ2v) is 8.25. The number of hydrogen-bond acceptors (Lipinski definition) is 3. The van der Waals surface area contributed by atoms with Crippen LogP contribution in [0.15, 0.2) is 30.3 Å². The quantitative estimate of drug-likeness (QED) is 0.722. The van der Waals surface area contributed by atoms with Crippen molar-refractivity contribution in [1.29, 1.82) is 0 Å². The van der Waals surface area contributed by atoms with Gasteiger partial charge in [-0.1, -0.05) is 18.2 Å². The van der Waals surface area contributed by atoms with Crippen LogP contribution in [0.25, 0.3) is 0 Å². The maximum absolute atomic E-state index is 13.3. The van der Waals surface area contributed by atoms with Crippen molar-refractivity contribution in [1.82, 2.24) is 20.4 Å². The number of hydrogen-bond donors (Lipinski definition) is 2. The lowest BCUT2D eigenvalue weighted by molar-refractivity contribution is -0.136. The second-order valence-electron chi connectivity index (χ2n) is 7.86. The predicted molar refractivity (Wildman–Crippen MR) is 119 cm³/mol. The number of likely N-dealkylation sites (tertiary alicyclic amines) is 2. The fourth-order valence-electron chi connectivity index (χ4n) is 4.21. The molecule has 2 heterocycles. The highest BCUT2D eigenvalue weighted by molar-refractivity contribution is 7.80. The normalized spacial score (nSPS) is 18.8. The van der Waals surface area contributed by atoms with Crippen LogP contribution in [0.2, 0.25) is 0 Å². The molecule has 2 aliphatic heterocycles. The molecule has 3 rings (SSSR count). The molecule has 6 nitrogen and oxygen atoms in total. The van der Waals surface area contributed by atoms with E-state index in [2.05, 4.69) is 15.5 Å². The number of nitrogens with zero attached hydrogens (tertiary/aromatic N) is 2. The van der Waals surface area contributed by atoms with E-state index in [0.29, 0.717) is 5.56 Å². The monoisotopic (exact) mass is 416 g/mol. The van der Waals surface area contributed by atoms with E-state index < -0.39 is 6.04 Å². The van der Waals surface area contributed by atoms with Gasteiger partial charge in [0.1, 0.15) is 6.04 Å². The fourth-order valence-corrected chi connectivity index (χ4v) is 4.53. The highest BCUT2D eigenvalue weighted by Crippen LogP contribution is 2.24. The molecule has 1 unspecified atom stereocenters. The minimum Gasteiger partial charge on any atom is -0.363 e. The molecule has 0 aliphatic carbocycles. The summed E-state index contributed by atoms with van der Waals surface area (Å²) >= 11 is 5.44. The molecule has 158 valence electrons. The molecule has 2 fully saturated rings. The van der Waals surface area contributed by atoms with E-state index >= 15 is 0 Å². The van der Waals surface area contributed by atoms with Gasteiger partial charge in [-0.15, -0.1) is 0 Å². The summed E-state index contributed by atoms with van der Waals surface area (Å²) in [5.74, 6) is 0.0195. The first-order chi connectivity index (χ1) is 14.1. The molecule has 0 aromatic heterocycles. The number of amides is 2. The largest absolute Gasteiger partial charge is 0.363 e. The van der Waals surface area contributed by atoms with Crippen molar-refractivity contribution in [2.45, 2.75) is 45.1 Å². The van der Waals surface area contributed by atoms with Crippen molar-refractivity contribution in [3.8, 4) is 0 Å². The van der Waals surface area contributed by atoms with Crippen LogP contribution < -0.4 is 10.6 Å². The van der Waals surface area contributed by atoms with E-state index in [-0.39, 0.29) is 17.7 Å². The summed E-state index contributed by atoms with van der Waals surface area (Å²) in [5.41, 5.74) is 0.592. The molecule has 2 saturated heterocycles. The molecule has 0 spiro atoms. The zero-order valence-electron chi connectivity index (χ0n) is 17.2. The van der Waals surface area contributed by atoms with Gasteiger partial charge in [0.15, 0.2) is 5.11 Å². The van der Waals surface area contributed by atoms with Crippen LogP contribution >= 0.6 is 12.2 Å². The molecule has 1 aromatic carbocycles. The number of rotatable bonds is 5. The van der Waals surface area contributed by atoms with Crippen molar-refractivity contribution < 1.29 is 9.59 Å². The van der Waals surface area contributed by atoms with E-state index in [9.17, 15) is 9.59 Å². The van der Waals surface area contributed by atoms with Crippen molar-refractivity contribution in [2.24, 2.45) is 5.92 Å². The Morgan fingerprint density at radius 2 is 1.69 bits per heavy atom. The maximum Gasteiger partial charge on any atom is 0.251 e. The zero-order valence-corrected chi connectivity index (χ0v) is 18.0. The topological polar surface area (TPSA) is 64.7 Å². The van der Waals surface area contributed by atoms with Gasteiger partial charge in [0.2, 0.25) is 5.91 Å². The Bertz CT molecular complexity index is 698. The van der Waals surface area contributed by atoms with Gasteiger partial charge in [0.05, 0.1) is 0 Å². The Kier molecular flexibility index (Phi) is 7.86. The highest BCUT2D eigenvalue weighted by atomic mass is 32.1. The molecule has 0 bridgehead atoms. The van der Waals surface area contributed by atoms with Crippen LogP contribution in [0.1, 0.15) is 49.4 Å².